The van der Waals surface area contributed by atoms with Crippen molar-refractivity contribution in [2.45, 2.75) is 26.2 Å². The molecule has 1 aromatic carbocycles. The summed E-state index contributed by atoms with van der Waals surface area (Å²) in [6.45, 7) is 5.10. The van der Waals surface area contributed by atoms with E-state index < -0.39 is 0 Å². The Balaban J connectivity index is 1.80. The Morgan fingerprint density at radius 1 is 1.31 bits per heavy atom. The maximum atomic E-state index is 5.36. The van der Waals surface area contributed by atoms with E-state index in [1.807, 2.05) is 0 Å². The van der Waals surface area contributed by atoms with Gasteiger partial charge in [-0.25, -0.2) is 0 Å². The normalized spacial score (nSPS) is 19.9. The predicted molar refractivity (Wildman–Crippen MR) is 67.9 cm³/mol. The van der Waals surface area contributed by atoms with Gasteiger partial charge < -0.3 is 10.1 Å². The molecular formula is C14H21NO. The van der Waals surface area contributed by atoms with Crippen molar-refractivity contribution in [1.29, 1.82) is 0 Å². The molecule has 0 aromatic heterocycles. The van der Waals surface area contributed by atoms with Crippen LogP contribution in [0.2, 0.25) is 0 Å². The number of aryl methyl sites for hydroxylation is 1. The van der Waals surface area contributed by atoms with Crippen LogP contribution in [0.1, 0.15) is 25.3 Å². The molecule has 2 nitrogen and oxygen atoms in total. The van der Waals surface area contributed by atoms with Crippen LogP contribution in [0, 0.1) is 5.92 Å². The van der Waals surface area contributed by atoms with Gasteiger partial charge in [-0.05, 0) is 30.5 Å². The summed E-state index contributed by atoms with van der Waals surface area (Å²) in [5.41, 5.74) is 2.66. The summed E-state index contributed by atoms with van der Waals surface area (Å²) < 4.78 is 5.36. The van der Waals surface area contributed by atoms with Crippen molar-refractivity contribution in [3.05, 3.63) is 29.8 Å². The highest BCUT2D eigenvalue weighted by molar-refractivity contribution is 5.44. The summed E-state index contributed by atoms with van der Waals surface area (Å²) in [6, 6.07) is 8.80. The standard InChI is InChI=1S/C14H21NO/c1-2-3-12-4-6-14(7-5-12)15-10-13-8-9-16-11-13/h4-7,13,15H,2-3,8-11H2,1H3. The maximum Gasteiger partial charge on any atom is 0.0511 e. The Morgan fingerprint density at radius 3 is 2.75 bits per heavy atom. The fourth-order valence-corrected chi connectivity index (χ4v) is 2.08. The molecule has 1 heterocycles. The monoisotopic (exact) mass is 219 g/mol. The largest absolute Gasteiger partial charge is 0.385 e. The van der Waals surface area contributed by atoms with Crippen molar-refractivity contribution in [1.82, 2.24) is 0 Å². The smallest absolute Gasteiger partial charge is 0.0511 e. The highest BCUT2D eigenvalue weighted by atomic mass is 16.5. The summed E-state index contributed by atoms with van der Waals surface area (Å²) in [5, 5.41) is 3.48. The molecule has 1 aliphatic rings. The third-order valence-corrected chi connectivity index (χ3v) is 3.11. The van der Waals surface area contributed by atoms with Gasteiger partial charge >= 0.3 is 0 Å². The van der Waals surface area contributed by atoms with Gasteiger partial charge in [0.1, 0.15) is 0 Å². The molecule has 2 rings (SSSR count). The van der Waals surface area contributed by atoms with Gasteiger partial charge in [-0.15, -0.1) is 0 Å². The number of hydrogen-bond donors (Lipinski definition) is 1. The van der Waals surface area contributed by atoms with E-state index >= 15 is 0 Å². The Kier molecular flexibility index (Phi) is 4.23. The zero-order valence-corrected chi connectivity index (χ0v) is 10.0. The van der Waals surface area contributed by atoms with Crippen molar-refractivity contribution in [2.75, 3.05) is 25.1 Å². The minimum absolute atomic E-state index is 0.690. The third-order valence-electron chi connectivity index (χ3n) is 3.11. The molecule has 2 heteroatoms. The molecular weight excluding hydrogens is 198 g/mol. The Morgan fingerprint density at radius 2 is 2.12 bits per heavy atom. The van der Waals surface area contributed by atoms with Gasteiger partial charge in [0.25, 0.3) is 0 Å². The maximum absolute atomic E-state index is 5.36. The average molecular weight is 219 g/mol. The molecule has 0 spiro atoms. The lowest BCUT2D eigenvalue weighted by molar-refractivity contribution is 0.187. The molecule has 1 fully saturated rings. The number of hydrogen-bond acceptors (Lipinski definition) is 2. The predicted octanol–water partition coefficient (Wildman–Crippen LogP) is 3.09. The minimum atomic E-state index is 0.690. The van der Waals surface area contributed by atoms with Gasteiger partial charge in [-0.3, -0.25) is 0 Å². The lowest BCUT2D eigenvalue weighted by Crippen LogP contribution is -2.13. The third kappa shape index (κ3) is 3.24. The van der Waals surface area contributed by atoms with Crippen LogP contribution in [0.3, 0.4) is 0 Å². The summed E-state index contributed by atoms with van der Waals surface area (Å²) in [6.07, 6.45) is 3.59. The van der Waals surface area contributed by atoms with Crippen molar-refractivity contribution in [2.24, 2.45) is 5.92 Å². The minimum Gasteiger partial charge on any atom is -0.385 e. The molecule has 1 aliphatic heterocycles. The first-order chi connectivity index (χ1) is 7.88. The molecule has 1 aromatic rings. The Hall–Kier alpha value is -1.02. The highest BCUT2D eigenvalue weighted by Crippen LogP contribution is 2.15. The number of nitrogens with one attached hydrogen (secondary N) is 1. The van der Waals surface area contributed by atoms with Gasteiger partial charge in [0.05, 0.1) is 6.61 Å². The zero-order valence-electron chi connectivity index (χ0n) is 10.0. The molecule has 1 unspecified atom stereocenters. The summed E-state index contributed by atoms with van der Waals surface area (Å²) in [4.78, 5) is 0. The number of rotatable bonds is 5. The van der Waals surface area contributed by atoms with Gasteiger partial charge in [0, 0.05) is 24.8 Å². The first-order valence-electron chi connectivity index (χ1n) is 6.29. The molecule has 88 valence electrons. The summed E-state index contributed by atoms with van der Waals surface area (Å²) >= 11 is 0. The van der Waals surface area contributed by atoms with E-state index in [0.29, 0.717) is 5.92 Å². The fraction of sp³-hybridized carbons (Fsp3) is 0.571. The molecule has 1 saturated heterocycles. The van der Waals surface area contributed by atoms with Crippen LogP contribution in [0.5, 0.6) is 0 Å². The molecule has 0 amide bonds. The van der Waals surface area contributed by atoms with Crippen LogP contribution in [-0.4, -0.2) is 19.8 Å². The van der Waals surface area contributed by atoms with Gasteiger partial charge in [0.2, 0.25) is 0 Å². The van der Waals surface area contributed by atoms with Crippen molar-refractivity contribution in [3.8, 4) is 0 Å². The van der Waals surface area contributed by atoms with Crippen LogP contribution in [0.4, 0.5) is 5.69 Å². The topological polar surface area (TPSA) is 21.3 Å². The van der Waals surface area contributed by atoms with Crippen molar-refractivity contribution >= 4 is 5.69 Å². The van der Waals surface area contributed by atoms with Crippen LogP contribution >= 0.6 is 0 Å². The Bertz CT molecular complexity index is 301. The number of anilines is 1. The zero-order chi connectivity index (χ0) is 11.2. The van der Waals surface area contributed by atoms with E-state index in [1.165, 1.54) is 30.5 Å². The van der Waals surface area contributed by atoms with E-state index in [9.17, 15) is 0 Å². The van der Waals surface area contributed by atoms with Crippen LogP contribution in [0.25, 0.3) is 0 Å². The van der Waals surface area contributed by atoms with E-state index in [-0.39, 0.29) is 0 Å². The Labute approximate surface area is 98.0 Å². The van der Waals surface area contributed by atoms with Gasteiger partial charge in [-0.2, -0.15) is 0 Å². The summed E-state index contributed by atoms with van der Waals surface area (Å²) in [5.74, 6) is 0.690. The lowest BCUT2D eigenvalue weighted by atomic mass is 10.1. The summed E-state index contributed by atoms with van der Waals surface area (Å²) in [7, 11) is 0. The first kappa shape index (κ1) is 11.5. The van der Waals surface area contributed by atoms with E-state index in [2.05, 4.69) is 36.5 Å². The van der Waals surface area contributed by atoms with Crippen LogP contribution in [-0.2, 0) is 11.2 Å². The number of ether oxygens (including phenoxy) is 1. The first-order valence-corrected chi connectivity index (χ1v) is 6.29. The van der Waals surface area contributed by atoms with E-state index in [1.54, 1.807) is 0 Å². The van der Waals surface area contributed by atoms with E-state index in [0.717, 1.165) is 19.8 Å². The second-order valence-corrected chi connectivity index (χ2v) is 4.56. The van der Waals surface area contributed by atoms with Crippen molar-refractivity contribution in [3.63, 3.8) is 0 Å². The lowest BCUT2D eigenvalue weighted by Gasteiger charge is -2.11. The quantitative estimate of drug-likeness (QED) is 0.821. The van der Waals surface area contributed by atoms with Gasteiger partial charge in [0.15, 0.2) is 0 Å². The molecule has 0 saturated carbocycles. The molecule has 16 heavy (non-hydrogen) atoms. The second kappa shape index (κ2) is 5.90. The highest BCUT2D eigenvalue weighted by Gasteiger charge is 2.14. The van der Waals surface area contributed by atoms with Crippen molar-refractivity contribution < 1.29 is 4.74 Å². The molecule has 0 aliphatic carbocycles. The van der Waals surface area contributed by atoms with Crippen LogP contribution < -0.4 is 5.32 Å². The SMILES string of the molecule is CCCc1ccc(NCC2CCOC2)cc1. The molecule has 1 N–H and O–H groups in total. The fourth-order valence-electron chi connectivity index (χ4n) is 2.08. The molecule has 0 radical (unpaired) electrons. The van der Waals surface area contributed by atoms with E-state index in [4.69, 9.17) is 4.74 Å². The average Bonchev–Trinajstić information content (AvgIpc) is 2.82. The number of benzene rings is 1. The second-order valence-electron chi connectivity index (χ2n) is 4.56. The molecule has 0 bridgehead atoms. The van der Waals surface area contributed by atoms with Crippen LogP contribution in [0.15, 0.2) is 24.3 Å². The van der Waals surface area contributed by atoms with Gasteiger partial charge in [-0.1, -0.05) is 25.5 Å². The molecule has 1 atom stereocenters.